The zero-order chi connectivity index (χ0) is 16.6. The van der Waals surface area contributed by atoms with Gasteiger partial charge in [0.25, 0.3) is 11.5 Å². The van der Waals surface area contributed by atoms with Crippen LogP contribution >= 0.6 is 0 Å². The molecule has 1 aromatic heterocycles. The second-order valence-electron chi connectivity index (χ2n) is 6.58. The summed E-state index contributed by atoms with van der Waals surface area (Å²) in [5.41, 5.74) is 0.817. The van der Waals surface area contributed by atoms with Gasteiger partial charge in [0.15, 0.2) is 0 Å². The molecule has 2 aliphatic heterocycles. The fourth-order valence-electron chi connectivity index (χ4n) is 3.52. The van der Waals surface area contributed by atoms with Crippen molar-refractivity contribution >= 4 is 5.91 Å². The second kappa shape index (κ2) is 5.87. The van der Waals surface area contributed by atoms with Crippen molar-refractivity contribution in [1.29, 1.82) is 0 Å². The van der Waals surface area contributed by atoms with Crippen LogP contribution in [0.2, 0.25) is 0 Å². The molecule has 0 saturated carbocycles. The van der Waals surface area contributed by atoms with Crippen molar-refractivity contribution in [2.75, 3.05) is 26.3 Å². The predicted molar refractivity (Wildman–Crippen MR) is 88.2 cm³/mol. The standard InChI is InChI=1S/C18H19N3O3/c22-16-7-6-15(19-21(16)14-4-2-1-3-5-14)17(23)20-10-8-18(12-20)9-11-24-13-18/h1-7H,8-13H2/t18-/m0/s1. The van der Waals surface area contributed by atoms with Crippen molar-refractivity contribution in [2.24, 2.45) is 5.41 Å². The normalized spacial score (nSPS) is 23.1. The fraction of sp³-hybridized carbons (Fsp3) is 0.389. The molecule has 1 atom stereocenters. The van der Waals surface area contributed by atoms with E-state index in [1.54, 1.807) is 12.1 Å². The Labute approximate surface area is 139 Å². The highest BCUT2D eigenvalue weighted by molar-refractivity contribution is 5.92. The third-order valence-corrected chi connectivity index (χ3v) is 4.93. The summed E-state index contributed by atoms with van der Waals surface area (Å²) in [6, 6.07) is 12.0. The quantitative estimate of drug-likeness (QED) is 0.839. The second-order valence-corrected chi connectivity index (χ2v) is 6.58. The zero-order valence-electron chi connectivity index (χ0n) is 13.4. The summed E-state index contributed by atoms with van der Waals surface area (Å²) in [5.74, 6) is -0.122. The SMILES string of the molecule is O=C(c1ccc(=O)n(-c2ccccc2)n1)N1CC[C@]2(CCOC2)C1. The molecule has 1 spiro atoms. The number of hydrogen-bond donors (Lipinski definition) is 0. The minimum absolute atomic E-state index is 0.115. The number of carbonyl (C=O) groups excluding carboxylic acids is 1. The lowest BCUT2D eigenvalue weighted by Crippen LogP contribution is -2.34. The smallest absolute Gasteiger partial charge is 0.274 e. The van der Waals surface area contributed by atoms with E-state index in [9.17, 15) is 9.59 Å². The van der Waals surface area contributed by atoms with Crippen LogP contribution in [0.5, 0.6) is 0 Å². The average Bonchev–Trinajstić information content (AvgIpc) is 3.26. The van der Waals surface area contributed by atoms with Crippen LogP contribution in [0.25, 0.3) is 5.69 Å². The van der Waals surface area contributed by atoms with Crippen LogP contribution in [0, 0.1) is 5.41 Å². The lowest BCUT2D eigenvalue weighted by molar-refractivity contribution is 0.0758. The Morgan fingerprint density at radius 2 is 1.96 bits per heavy atom. The molecular formula is C18H19N3O3. The molecule has 2 fully saturated rings. The Morgan fingerprint density at radius 1 is 1.12 bits per heavy atom. The van der Waals surface area contributed by atoms with Crippen molar-refractivity contribution in [3.63, 3.8) is 0 Å². The maximum atomic E-state index is 12.8. The van der Waals surface area contributed by atoms with Gasteiger partial charge in [0.1, 0.15) is 5.69 Å². The van der Waals surface area contributed by atoms with Gasteiger partial charge < -0.3 is 9.64 Å². The zero-order valence-corrected chi connectivity index (χ0v) is 13.4. The van der Waals surface area contributed by atoms with Gasteiger partial charge in [-0.05, 0) is 31.0 Å². The maximum Gasteiger partial charge on any atom is 0.274 e. The number of amides is 1. The highest BCUT2D eigenvalue weighted by Gasteiger charge is 2.43. The highest BCUT2D eigenvalue weighted by Crippen LogP contribution is 2.38. The Bertz CT molecular complexity index is 810. The Hall–Kier alpha value is -2.47. The van der Waals surface area contributed by atoms with Crippen molar-refractivity contribution in [2.45, 2.75) is 12.8 Å². The number of likely N-dealkylation sites (tertiary alicyclic amines) is 1. The summed E-state index contributed by atoms with van der Waals surface area (Å²) in [6.45, 7) is 2.93. The van der Waals surface area contributed by atoms with E-state index >= 15 is 0 Å². The molecule has 0 unspecified atom stereocenters. The molecule has 0 aliphatic carbocycles. The van der Waals surface area contributed by atoms with Gasteiger partial charge in [0.05, 0.1) is 12.3 Å². The molecule has 1 aromatic carbocycles. The number of rotatable bonds is 2. The molecule has 3 heterocycles. The summed E-state index contributed by atoms with van der Waals surface area (Å²) >= 11 is 0. The van der Waals surface area contributed by atoms with E-state index in [1.165, 1.54) is 16.8 Å². The van der Waals surface area contributed by atoms with Crippen LogP contribution in [0.1, 0.15) is 23.3 Å². The monoisotopic (exact) mass is 325 g/mol. The van der Waals surface area contributed by atoms with Gasteiger partial charge in [-0.1, -0.05) is 18.2 Å². The minimum atomic E-state index is -0.250. The van der Waals surface area contributed by atoms with E-state index in [0.717, 1.165) is 26.1 Å². The summed E-state index contributed by atoms with van der Waals surface area (Å²) in [5, 5.41) is 4.28. The molecule has 2 aromatic rings. The molecule has 0 N–H and O–H groups in total. The van der Waals surface area contributed by atoms with E-state index in [-0.39, 0.29) is 16.9 Å². The third-order valence-electron chi connectivity index (χ3n) is 4.93. The van der Waals surface area contributed by atoms with Crippen molar-refractivity contribution in [3.8, 4) is 5.69 Å². The first-order valence-corrected chi connectivity index (χ1v) is 8.20. The van der Waals surface area contributed by atoms with Gasteiger partial charge in [0, 0.05) is 31.2 Å². The topological polar surface area (TPSA) is 64.4 Å². The number of carbonyl (C=O) groups is 1. The molecule has 4 rings (SSSR count). The van der Waals surface area contributed by atoms with Gasteiger partial charge in [-0.3, -0.25) is 9.59 Å². The first kappa shape index (κ1) is 15.1. The summed E-state index contributed by atoms with van der Waals surface area (Å²) < 4.78 is 6.79. The Balaban J connectivity index is 1.61. The molecule has 0 radical (unpaired) electrons. The van der Waals surface area contributed by atoms with Crippen LogP contribution < -0.4 is 5.56 Å². The van der Waals surface area contributed by atoms with Crippen LogP contribution in [0.3, 0.4) is 0 Å². The number of hydrogen-bond acceptors (Lipinski definition) is 4. The third kappa shape index (κ3) is 2.63. The van der Waals surface area contributed by atoms with Gasteiger partial charge in [-0.15, -0.1) is 0 Å². The number of para-hydroxylation sites is 1. The average molecular weight is 325 g/mol. The lowest BCUT2D eigenvalue weighted by atomic mass is 9.87. The van der Waals surface area contributed by atoms with Gasteiger partial charge >= 0.3 is 0 Å². The molecule has 0 bridgehead atoms. The first-order chi connectivity index (χ1) is 11.7. The van der Waals surface area contributed by atoms with Crippen molar-refractivity contribution in [1.82, 2.24) is 14.7 Å². The summed E-state index contributed by atoms with van der Waals surface area (Å²) in [4.78, 5) is 26.7. The van der Waals surface area contributed by atoms with Crippen LogP contribution in [0.15, 0.2) is 47.3 Å². The van der Waals surface area contributed by atoms with Crippen LogP contribution in [-0.4, -0.2) is 46.9 Å². The van der Waals surface area contributed by atoms with Gasteiger partial charge in [-0.2, -0.15) is 9.78 Å². The lowest BCUT2D eigenvalue weighted by Gasteiger charge is -2.21. The van der Waals surface area contributed by atoms with E-state index in [0.29, 0.717) is 24.5 Å². The highest BCUT2D eigenvalue weighted by atomic mass is 16.5. The molecule has 2 saturated heterocycles. The molecular weight excluding hydrogens is 306 g/mol. The van der Waals surface area contributed by atoms with E-state index < -0.39 is 0 Å². The van der Waals surface area contributed by atoms with Gasteiger partial charge in [0.2, 0.25) is 0 Å². The molecule has 2 aliphatic rings. The molecule has 6 nitrogen and oxygen atoms in total. The van der Waals surface area contributed by atoms with Crippen molar-refractivity contribution < 1.29 is 9.53 Å². The Kier molecular flexibility index (Phi) is 3.69. The molecule has 1 amide bonds. The van der Waals surface area contributed by atoms with Crippen molar-refractivity contribution in [3.05, 3.63) is 58.5 Å². The van der Waals surface area contributed by atoms with E-state index in [2.05, 4.69) is 5.10 Å². The largest absolute Gasteiger partial charge is 0.381 e. The van der Waals surface area contributed by atoms with Crippen LogP contribution in [0.4, 0.5) is 0 Å². The fourth-order valence-corrected chi connectivity index (χ4v) is 3.52. The minimum Gasteiger partial charge on any atom is -0.381 e. The Morgan fingerprint density at radius 3 is 2.71 bits per heavy atom. The number of benzene rings is 1. The first-order valence-electron chi connectivity index (χ1n) is 8.20. The number of ether oxygens (including phenoxy) is 1. The number of nitrogens with zero attached hydrogens (tertiary/aromatic N) is 3. The molecule has 6 heteroatoms. The van der Waals surface area contributed by atoms with Crippen LogP contribution in [-0.2, 0) is 4.74 Å². The van der Waals surface area contributed by atoms with E-state index in [4.69, 9.17) is 4.74 Å². The van der Waals surface area contributed by atoms with E-state index in [1.807, 2.05) is 23.1 Å². The van der Waals surface area contributed by atoms with Gasteiger partial charge in [-0.25, -0.2) is 0 Å². The predicted octanol–water partition coefficient (Wildman–Crippen LogP) is 1.49. The molecule has 124 valence electrons. The maximum absolute atomic E-state index is 12.8. The number of aromatic nitrogens is 2. The molecule has 24 heavy (non-hydrogen) atoms. The summed E-state index contributed by atoms with van der Waals surface area (Å²) in [7, 11) is 0. The summed E-state index contributed by atoms with van der Waals surface area (Å²) in [6.07, 6.45) is 1.98.